The number of hydrogen-bond acceptors (Lipinski definition) is 4. The van der Waals surface area contributed by atoms with E-state index in [1.807, 2.05) is 60.8 Å². The summed E-state index contributed by atoms with van der Waals surface area (Å²) in [6, 6.07) is 19.4. The predicted molar refractivity (Wildman–Crippen MR) is 149 cm³/mol. The molecule has 0 saturated heterocycles. The predicted octanol–water partition coefficient (Wildman–Crippen LogP) is 7.06. The third-order valence-corrected chi connectivity index (χ3v) is 7.70. The molecule has 0 N–H and O–H groups in total. The van der Waals surface area contributed by atoms with E-state index < -0.39 is 0 Å². The second kappa shape index (κ2) is 10.5. The standard InChI is InChI=1S/C32H29ClN2O2/c33-26-12-9-24(10-13-26)25-11-15-27(34-19-25)14-7-22-8-16-32-30(17-22)31(36)18-29(37-32)21-35(20-23-5-6-23)28-3-1-2-4-28/h8-13,15-19,23,28H,1-6,20-21H2. The second-order valence-corrected chi connectivity index (χ2v) is 10.7. The van der Waals surface area contributed by atoms with Crippen molar-refractivity contribution >= 4 is 22.6 Å². The molecular weight excluding hydrogens is 480 g/mol. The summed E-state index contributed by atoms with van der Waals surface area (Å²) in [5.74, 6) is 7.82. The first-order valence-corrected chi connectivity index (χ1v) is 13.5. The summed E-state index contributed by atoms with van der Waals surface area (Å²) >= 11 is 5.98. The lowest BCUT2D eigenvalue weighted by Crippen LogP contribution is -2.34. The van der Waals surface area contributed by atoms with Crippen LogP contribution in [0.4, 0.5) is 0 Å². The molecule has 0 unspecified atom stereocenters. The first kappa shape index (κ1) is 24.0. The summed E-state index contributed by atoms with van der Waals surface area (Å²) in [5.41, 5.74) is 4.10. The van der Waals surface area contributed by atoms with Crippen LogP contribution in [0.1, 0.15) is 55.5 Å². The quantitative estimate of drug-likeness (QED) is 0.261. The highest BCUT2D eigenvalue weighted by Crippen LogP contribution is 2.34. The molecule has 2 aromatic heterocycles. The number of halogens is 1. The summed E-state index contributed by atoms with van der Waals surface area (Å²) in [5, 5.41) is 1.27. The summed E-state index contributed by atoms with van der Waals surface area (Å²) in [4.78, 5) is 20.0. The lowest BCUT2D eigenvalue weighted by atomic mass is 10.1. The van der Waals surface area contributed by atoms with Gasteiger partial charge in [-0.2, -0.15) is 0 Å². The molecule has 6 rings (SSSR count). The Bertz CT molecular complexity index is 1520. The number of nitrogens with zero attached hydrogens (tertiary/aromatic N) is 2. The molecule has 0 amide bonds. The van der Waals surface area contributed by atoms with Crippen LogP contribution in [0, 0.1) is 17.8 Å². The summed E-state index contributed by atoms with van der Waals surface area (Å²) < 4.78 is 6.20. The van der Waals surface area contributed by atoms with Crippen LogP contribution in [0.15, 0.2) is 76.1 Å². The molecule has 4 nitrogen and oxygen atoms in total. The topological polar surface area (TPSA) is 46.3 Å². The van der Waals surface area contributed by atoms with Gasteiger partial charge in [0.05, 0.1) is 11.9 Å². The zero-order valence-corrected chi connectivity index (χ0v) is 21.5. The fourth-order valence-electron chi connectivity index (χ4n) is 5.22. The Labute approximate surface area is 222 Å². The van der Waals surface area contributed by atoms with Gasteiger partial charge in [0.1, 0.15) is 17.0 Å². The van der Waals surface area contributed by atoms with Crippen LogP contribution in [0.25, 0.3) is 22.1 Å². The molecule has 186 valence electrons. The molecule has 2 aliphatic rings. The first-order valence-electron chi connectivity index (χ1n) is 13.2. The van der Waals surface area contributed by atoms with E-state index in [0.29, 0.717) is 34.3 Å². The fraction of sp³-hybridized carbons (Fsp3) is 0.312. The van der Waals surface area contributed by atoms with Crippen LogP contribution in [0.5, 0.6) is 0 Å². The average Bonchev–Trinajstić information content (AvgIpc) is 3.56. The Balaban J connectivity index is 1.19. The smallest absolute Gasteiger partial charge is 0.193 e. The van der Waals surface area contributed by atoms with Gasteiger partial charge >= 0.3 is 0 Å². The lowest BCUT2D eigenvalue weighted by molar-refractivity contribution is 0.168. The third kappa shape index (κ3) is 5.80. The van der Waals surface area contributed by atoms with Crippen LogP contribution in [0.3, 0.4) is 0 Å². The van der Waals surface area contributed by atoms with Crippen molar-refractivity contribution in [2.45, 2.75) is 51.1 Å². The van der Waals surface area contributed by atoms with E-state index in [1.54, 1.807) is 6.07 Å². The van der Waals surface area contributed by atoms with Gasteiger partial charge in [-0.1, -0.05) is 48.6 Å². The zero-order valence-electron chi connectivity index (χ0n) is 20.8. The molecule has 4 aromatic rings. The maximum Gasteiger partial charge on any atom is 0.193 e. The van der Waals surface area contributed by atoms with Gasteiger partial charge in [-0.3, -0.25) is 9.69 Å². The Morgan fingerprint density at radius 2 is 1.70 bits per heavy atom. The van der Waals surface area contributed by atoms with E-state index >= 15 is 0 Å². The van der Waals surface area contributed by atoms with Crippen LogP contribution in [-0.2, 0) is 6.54 Å². The maximum atomic E-state index is 13.0. The molecule has 0 spiro atoms. The number of hydrogen-bond donors (Lipinski definition) is 0. The summed E-state index contributed by atoms with van der Waals surface area (Å²) in [7, 11) is 0. The molecule has 0 radical (unpaired) electrons. The number of pyridine rings is 1. The zero-order chi connectivity index (χ0) is 25.2. The van der Waals surface area contributed by atoms with Crippen molar-refractivity contribution in [2.24, 2.45) is 5.92 Å². The molecule has 0 bridgehead atoms. The van der Waals surface area contributed by atoms with Gasteiger partial charge in [0, 0.05) is 41.0 Å². The number of benzene rings is 2. The largest absolute Gasteiger partial charge is 0.459 e. The van der Waals surface area contributed by atoms with Crippen molar-refractivity contribution < 1.29 is 4.42 Å². The molecule has 5 heteroatoms. The molecule has 37 heavy (non-hydrogen) atoms. The van der Waals surface area contributed by atoms with E-state index in [2.05, 4.69) is 21.7 Å². The SMILES string of the molecule is O=c1cc(CN(CC2CC2)C2CCCC2)oc2ccc(C#Cc3ccc(-c4ccc(Cl)cc4)cn3)cc12. The molecular formula is C32H29ClN2O2. The van der Waals surface area contributed by atoms with Gasteiger partial charge in [-0.25, -0.2) is 4.98 Å². The minimum atomic E-state index is -0.0110. The van der Waals surface area contributed by atoms with E-state index in [4.69, 9.17) is 16.0 Å². The number of rotatable bonds is 6. The van der Waals surface area contributed by atoms with E-state index in [9.17, 15) is 4.79 Å². The molecule has 0 aliphatic heterocycles. The Morgan fingerprint density at radius 1 is 0.919 bits per heavy atom. The van der Waals surface area contributed by atoms with Gasteiger partial charge in [-0.05, 0) is 79.5 Å². The Hall–Kier alpha value is -3.39. The minimum absolute atomic E-state index is 0.0110. The van der Waals surface area contributed by atoms with Gasteiger partial charge in [-0.15, -0.1) is 0 Å². The third-order valence-electron chi connectivity index (χ3n) is 7.44. The Kier molecular flexibility index (Phi) is 6.83. The van der Waals surface area contributed by atoms with Crippen molar-refractivity contribution in [3.05, 3.63) is 99.1 Å². The monoisotopic (exact) mass is 508 g/mol. The van der Waals surface area contributed by atoms with Gasteiger partial charge in [0.25, 0.3) is 0 Å². The molecule has 2 heterocycles. The van der Waals surface area contributed by atoms with Gasteiger partial charge < -0.3 is 4.42 Å². The molecule has 2 saturated carbocycles. The highest BCUT2D eigenvalue weighted by molar-refractivity contribution is 6.30. The molecule has 2 aromatic carbocycles. The highest BCUT2D eigenvalue weighted by atomic mass is 35.5. The maximum absolute atomic E-state index is 13.0. The van der Waals surface area contributed by atoms with Crippen LogP contribution >= 0.6 is 11.6 Å². The number of aromatic nitrogens is 1. The summed E-state index contributed by atoms with van der Waals surface area (Å²) in [6.45, 7) is 1.83. The first-order chi connectivity index (χ1) is 18.1. The Morgan fingerprint density at radius 3 is 2.43 bits per heavy atom. The van der Waals surface area contributed by atoms with Crippen molar-refractivity contribution in [1.29, 1.82) is 0 Å². The fourth-order valence-corrected chi connectivity index (χ4v) is 5.35. The molecule has 2 fully saturated rings. The van der Waals surface area contributed by atoms with E-state index in [-0.39, 0.29) is 5.43 Å². The molecule has 2 aliphatic carbocycles. The van der Waals surface area contributed by atoms with Crippen LogP contribution in [-0.4, -0.2) is 22.5 Å². The van der Waals surface area contributed by atoms with Crippen molar-refractivity contribution in [2.75, 3.05) is 6.54 Å². The van der Waals surface area contributed by atoms with Crippen LogP contribution in [0.2, 0.25) is 5.02 Å². The lowest BCUT2D eigenvalue weighted by Gasteiger charge is -2.28. The minimum Gasteiger partial charge on any atom is -0.459 e. The molecule has 0 atom stereocenters. The van der Waals surface area contributed by atoms with Crippen molar-refractivity contribution in [1.82, 2.24) is 9.88 Å². The normalized spacial score (nSPS) is 15.7. The van der Waals surface area contributed by atoms with Gasteiger partial charge in [0.2, 0.25) is 0 Å². The second-order valence-electron chi connectivity index (χ2n) is 10.3. The van der Waals surface area contributed by atoms with Crippen molar-refractivity contribution in [3.8, 4) is 23.0 Å². The summed E-state index contributed by atoms with van der Waals surface area (Å²) in [6.07, 6.45) is 9.59. The highest BCUT2D eigenvalue weighted by Gasteiger charge is 2.30. The van der Waals surface area contributed by atoms with Gasteiger partial charge in [0.15, 0.2) is 5.43 Å². The number of fused-ring (bicyclic) bond motifs is 1. The van der Waals surface area contributed by atoms with Crippen LogP contribution < -0.4 is 5.43 Å². The van der Waals surface area contributed by atoms with E-state index in [1.165, 1.54) is 38.5 Å². The van der Waals surface area contributed by atoms with Crippen molar-refractivity contribution in [3.63, 3.8) is 0 Å². The average molecular weight is 509 g/mol. The van der Waals surface area contributed by atoms with E-state index in [0.717, 1.165) is 34.9 Å².